The molecule has 5 N–H and O–H groups in total. The summed E-state index contributed by atoms with van der Waals surface area (Å²) in [6, 6.07) is 10.9. The smallest absolute Gasteiger partial charge is 0.350 e. The molecule has 2 aromatic carbocycles. The molecule has 0 aliphatic carbocycles. The van der Waals surface area contributed by atoms with Gasteiger partial charge in [0, 0.05) is 23.6 Å². The van der Waals surface area contributed by atoms with Crippen LogP contribution in [0.1, 0.15) is 23.0 Å². The second kappa shape index (κ2) is 10.6. The summed E-state index contributed by atoms with van der Waals surface area (Å²) in [5.41, 5.74) is 7.00. The van der Waals surface area contributed by atoms with Crippen molar-refractivity contribution >= 4 is 23.1 Å². The molecular formula is C25H24FN9O4. The van der Waals surface area contributed by atoms with Gasteiger partial charge in [-0.05, 0) is 48.0 Å². The zero-order chi connectivity index (χ0) is 27.5. The first kappa shape index (κ1) is 25.4. The molecule has 14 heteroatoms. The minimum atomic E-state index is -0.797. The fraction of sp³-hybridized carbons (Fsp3) is 0.200. The van der Waals surface area contributed by atoms with Crippen LogP contribution in [0.3, 0.4) is 0 Å². The standard InChI is InChI=1S/C25H24FN9O4/c1-38-18-12-15(11-17-21(18)39-13-19(36)34(17)10-7-26)20(31-16-5-3-14(4-6-16)22(27)28)23-32-25(37)35(33-23)24-29-8-2-9-30-24/h2-6,8-9,11-12,20,31H,7,10,13H2,1H3,(H3,27,28)(H,32,33,37). The summed E-state index contributed by atoms with van der Waals surface area (Å²) in [7, 11) is 1.45. The van der Waals surface area contributed by atoms with E-state index in [0.717, 1.165) is 4.68 Å². The number of benzene rings is 2. The number of H-pyrrole nitrogens is 1. The Morgan fingerprint density at radius 1 is 1.26 bits per heavy atom. The molecule has 39 heavy (non-hydrogen) atoms. The molecule has 2 aromatic heterocycles. The average Bonchev–Trinajstić information content (AvgIpc) is 3.34. The molecule has 1 aliphatic heterocycles. The van der Waals surface area contributed by atoms with Crippen molar-refractivity contribution in [2.45, 2.75) is 6.04 Å². The van der Waals surface area contributed by atoms with Gasteiger partial charge < -0.3 is 25.4 Å². The van der Waals surface area contributed by atoms with E-state index in [1.54, 1.807) is 42.5 Å². The van der Waals surface area contributed by atoms with Crippen molar-refractivity contribution in [1.82, 2.24) is 24.7 Å². The van der Waals surface area contributed by atoms with Gasteiger partial charge in [0.15, 0.2) is 23.9 Å². The molecule has 1 unspecified atom stereocenters. The topological polar surface area (TPSA) is 177 Å². The number of fused-ring (bicyclic) bond motifs is 1. The summed E-state index contributed by atoms with van der Waals surface area (Å²) in [5.74, 6) is 0.404. The number of amides is 1. The van der Waals surface area contributed by atoms with Crippen molar-refractivity contribution in [3.8, 4) is 17.4 Å². The molecule has 13 nitrogen and oxygen atoms in total. The Balaban J connectivity index is 1.64. The Hall–Kier alpha value is -5.27. The van der Waals surface area contributed by atoms with Gasteiger partial charge in [-0.3, -0.25) is 15.2 Å². The summed E-state index contributed by atoms with van der Waals surface area (Å²) in [6.45, 7) is -1.17. The van der Waals surface area contributed by atoms with Crippen molar-refractivity contribution < 1.29 is 18.7 Å². The Morgan fingerprint density at radius 3 is 2.67 bits per heavy atom. The number of alkyl halides is 1. The number of halogens is 1. The molecule has 0 bridgehead atoms. The van der Waals surface area contributed by atoms with Crippen molar-refractivity contribution in [2.24, 2.45) is 5.73 Å². The molecule has 4 aromatic rings. The molecule has 1 amide bonds. The summed E-state index contributed by atoms with van der Waals surface area (Å²) in [4.78, 5) is 37.6. The lowest BCUT2D eigenvalue weighted by Gasteiger charge is -2.31. The van der Waals surface area contributed by atoms with Crippen molar-refractivity contribution in [2.75, 3.05) is 37.2 Å². The molecule has 1 atom stereocenters. The van der Waals surface area contributed by atoms with Gasteiger partial charge in [0.05, 0.1) is 19.3 Å². The van der Waals surface area contributed by atoms with E-state index >= 15 is 0 Å². The van der Waals surface area contributed by atoms with Crippen LogP contribution in [0, 0.1) is 5.41 Å². The van der Waals surface area contributed by atoms with Gasteiger partial charge in [0.1, 0.15) is 18.6 Å². The normalized spacial score (nSPS) is 13.4. The summed E-state index contributed by atoms with van der Waals surface area (Å²) in [5, 5.41) is 15.4. The van der Waals surface area contributed by atoms with Gasteiger partial charge in [-0.25, -0.2) is 19.2 Å². The lowest BCUT2D eigenvalue weighted by atomic mass is 10.0. The maximum absolute atomic E-state index is 13.4. The lowest BCUT2D eigenvalue weighted by molar-refractivity contribution is -0.121. The number of nitrogens with two attached hydrogens (primary N) is 1. The minimum absolute atomic E-state index is 0.0747. The molecule has 0 spiro atoms. The SMILES string of the molecule is COc1cc(C(Nc2ccc(C(=N)N)cc2)c2nn(-c3ncccn3)c(=O)[nH]2)cc2c1OCC(=O)N2CCF. The van der Waals surface area contributed by atoms with E-state index in [2.05, 4.69) is 25.4 Å². The van der Waals surface area contributed by atoms with Crippen LogP contribution in [0.15, 0.2) is 59.7 Å². The number of carbonyl (C=O) groups is 1. The third kappa shape index (κ3) is 4.99. The maximum Gasteiger partial charge on any atom is 0.350 e. The molecule has 5 rings (SSSR count). The number of anilines is 2. The molecule has 200 valence electrons. The zero-order valence-electron chi connectivity index (χ0n) is 20.7. The fourth-order valence-electron chi connectivity index (χ4n) is 4.18. The first-order valence-corrected chi connectivity index (χ1v) is 11.8. The van der Waals surface area contributed by atoms with Crippen molar-refractivity contribution in [3.63, 3.8) is 0 Å². The predicted molar refractivity (Wildman–Crippen MR) is 140 cm³/mol. The van der Waals surface area contributed by atoms with E-state index in [1.165, 1.54) is 24.4 Å². The Morgan fingerprint density at radius 2 is 2.00 bits per heavy atom. The highest BCUT2D eigenvalue weighted by atomic mass is 19.1. The van der Waals surface area contributed by atoms with Crippen LogP contribution in [-0.4, -0.2) is 63.4 Å². The third-order valence-electron chi connectivity index (χ3n) is 6.01. The number of amidine groups is 1. The van der Waals surface area contributed by atoms with Crippen LogP contribution in [0.4, 0.5) is 15.8 Å². The number of carbonyl (C=O) groups excluding carboxylic acids is 1. The van der Waals surface area contributed by atoms with E-state index in [9.17, 15) is 14.0 Å². The van der Waals surface area contributed by atoms with Gasteiger partial charge in [-0.15, -0.1) is 9.78 Å². The van der Waals surface area contributed by atoms with Crippen LogP contribution in [-0.2, 0) is 4.79 Å². The van der Waals surface area contributed by atoms with Crippen LogP contribution >= 0.6 is 0 Å². The highest BCUT2D eigenvalue weighted by molar-refractivity contribution is 5.99. The number of methoxy groups -OCH3 is 1. The Bertz CT molecular complexity index is 1570. The number of nitrogen functional groups attached to an aromatic ring is 1. The second-order valence-corrected chi connectivity index (χ2v) is 8.44. The number of hydrogen-bond acceptors (Lipinski definition) is 9. The highest BCUT2D eigenvalue weighted by Crippen LogP contribution is 2.43. The minimum Gasteiger partial charge on any atom is -0.493 e. The Kier molecular flexibility index (Phi) is 6.91. The molecule has 0 radical (unpaired) electrons. The van der Waals surface area contributed by atoms with E-state index in [4.69, 9.17) is 20.6 Å². The van der Waals surface area contributed by atoms with E-state index in [0.29, 0.717) is 34.0 Å². The summed E-state index contributed by atoms with van der Waals surface area (Å²) >= 11 is 0. The monoisotopic (exact) mass is 533 g/mol. The summed E-state index contributed by atoms with van der Waals surface area (Å²) in [6.07, 6.45) is 2.97. The van der Waals surface area contributed by atoms with Crippen LogP contribution in [0.2, 0.25) is 0 Å². The highest BCUT2D eigenvalue weighted by Gasteiger charge is 2.31. The number of nitrogens with one attached hydrogen (secondary N) is 3. The van der Waals surface area contributed by atoms with Crippen molar-refractivity contribution in [3.05, 3.63) is 82.3 Å². The first-order valence-electron chi connectivity index (χ1n) is 11.8. The summed E-state index contributed by atoms with van der Waals surface area (Å²) < 4.78 is 25.6. The van der Waals surface area contributed by atoms with Gasteiger partial charge in [0.2, 0.25) is 0 Å². The number of aromatic amines is 1. The van der Waals surface area contributed by atoms with Gasteiger partial charge in [-0.2, -0.15) is 0 Å². The number of ether oxygens (including phenoxy) is 2. The molecule has 0 fully saturated rings. The third-order valence-corrected chi connectivity index (χ3v) is 6.01. The molecule has 1 aliphatic rings. The maximum atomic E-state index is 13.4. The molecule has 0 saturated carbocycles. The number of hydrogen-bond donors (Lipinski definition) is 4. The molecule has 3 heterocycles. The number of aromatic nitrogens is 5. The number of rotatable bonds is 9. The average molecular weight is 534 g/mol. The zero-order valence-corrected chi connectivity index (χ0v) is 20.7. The van der Waals surface area contributed by atoms with E-state index < -0.39 is 24.3 Å². The van der Waals surface area contributed by atoms with Crippen LogP contribution in [0.25, 0.3) is 5.95 Å². The first-order chi connectivity index (χ1) is 18.9. The van der Waals surface area contributed by atoms with Crippen LogP contribution < -0.4 is 31.1 Å². The van der Waals surface area contributed by atoms with E-state index in [1.807, 2.05) is 0 Å². The lowest BCUT2D eigenvalue weighted by Crippen LogP contribution is -2.40. The second-order valence-electron chi connectivity index (χ2n) is 8.44. The molecular weight excluding hydrogens is 509 g/mol. The van der Waals surface area contributed by atoms with E-state index in [-0.39, 0.29) is 30.8 Å². The van der Waals surface area contributed by atoms with Gasteiger partial charge in [0.25, 0.3) is 11.9 Å². The molecule has 0 saturated heterocycles. The van der Waals surface area contributed by atoms with Gasteiger partial charge >= 0.3 is 5.69 Å². The van der Waals surface area contributed by atoms with Crippen molar-refractivity contribution in [1.29, 1.82) is 5.41 Å². The predicted octanol–water partition coefficient (Wildman–Crippen LogP) is 1.54. The quantitative estimate of drug-likeness (QED) is 0.184. The largest absolute Gasteiger partial charge is 0.493 e. The van der Waals surface area contributed by atoms with Crippen LogP contribution in [0.5, 0.6) is 11.5 Å². The fourth-order valence-corrected chi connectivity index (χ4v) is 4.18. The Labute approximate surface area is 220 Å². The number of nitrogens with zero attached hydrogens (tertiary/aromatic N) is 5. The van der Waals surface area contributed by atoms with Gasteiger partial charge in [-0.1, -0.05) is 0 Å².